The molecule has 3 aliphatic rings. The van der Waals surface area contributed by atoms with E-state index >= 15 is 0 Å². The maximum Gasteiger partial charge on any atom is 0.224 e. The van der Waals surface area contributed by atoms with Crippen molar-refractivity contribution in [1.29, 1.82) is 0 Å². The summed E-state index contributed by atoms with van der Waals surface area (Å²) in [7, 11) is 0. The van der Waals surface area contributed by atoms with Gasteiger partial charge in [0.2, 0.25) is 5.91 Å². The minimum Gasteiger partial charge on any atom is -0.353 e. The van der Waals surface area contributed by atoms with Crippen molar-refractivity contribution in [3.05, 3.63) is 94.9 Å². The zero-order valence-corrected chi connectivity index (χ0v) is 20.4. The summed E-state index contributed by atoms with van der Waals surface area (Å²) in [6.45, 7) is 4.47. The molecule has 5 nitrogen and oxygen atoms in total. The molecule has 3 atom stereocenters. The number of nitrogens with zero attached hydrogens (tertiary/aromatic N) is 2. The van der Waals surface area contributed by atoms with Gasteiger partial charge in [-0.15, -0.1) is 0 Å². The average Bonchev–Trinajstić information content (AvgIpc) is 3.45. The molecule has 0 fully saturated rings. The van der Waals surface area contributed by atoms with E-state index < -0.39 is 0 Å². The van der Waals surface area contributed by atoms with E-state index in [0.29, 0.717) is 18.3 Å². The lowest BCUT2D eigenvalue weighted by Crippen LogP contribution is -2.37. The van der Waals surface area contributed by atoms with Gasteiger partial charge >= 0.3 is 0 Å². The van der Waals surface area contributed by atoms with Crippen LogP contribution in [0.5, 0.6) is 0 Å². The largest absolute Gasteiger partial charge is 0.353 e. The van der Waals surface area contributed by atoms with Crippen LogP contribution >= 0.6 is 0 Å². The van der Waals surface area contributed by atoms with Gasteiger partial charge in [-0.3, -0.25) is 14.8 Å². The Kier molecular flexibility index (Phi) is 6.71. The van der Waals surface area contributed by atoms with Gasteiger partial charge in [-0.05, 0) is 79.1 Å². The van der Waals surface area contributed by atoms with E-state index in [2.05, 4.69) is 41.9 Å². The third-order valence-corrected chi connectivity index (χ3v) is 7.45. The first-order chi connectivity index (χ1) is 17.0. The molecule has 1 aromatic carbocycles. The van der Waals surface area contributed by atoms with E-state index in [1.165, 1.54) is 28.9 Å². The number of nitrogens with one attached hydrogen (secondary N) is 2. The third kappa shape index (κ3) is 4.88. The van der Waals surface area contributed by atoms with Gasteiger partial charge in [0.1, 0.15) is 5.82 Å². The summed E-state index contributed by atoms with van der Waals surface area (Å²) in [4.78, 5) is 16.9. The van der Waals surface area contributed by atoms with Crippen LogP contribution in [0, 0.1) is 17.7 Å². The van der Waals surface area contributed by atoms with Crippen LogP contribution in [0.4, 0.5) is 10.1 Å². The Balaban J connectivity index is 1.31. The van der Waals surface area contributed by atoms with Crippen LogP contribution in [-0.2, 0) is 11.2 Å². The molecule has 35 heavy (non-hydrogen) atoms. The van der Waals surface area contributed by atoms with Gasteiger partial charge < -0.3 is 10.7 Å². The van der Waals surface area contributed by atoms with Crippen molar-refractivity contribution >= 4 is 11.6 Å². The molecule has 0 saturated carbocycles. The lowest BCUT2D eigenvalue weighted by atomic mass is 9.78. The maximum absolute atomic E-state index is 13.4. The van der Waals surface area contributed by atoms with Gasteiger partial charge in [-0.25, -0.2) is 4.39 Å². The van der Waals surface area contributed by atoms with Crippen LogP contribution in [0.25, 0.3) is 0 Å². The van der Waals surface area contributed by atoms with Crippen molar-refractivity contribution in [3.63, 3.8) is 0 Å². The number of anilines is 1. The summed E-state index contributed by atoms with van der Waals surface area (Å²) in [5, 5.41) is 5.36. The Labute approximate surface area is 206 Å². The average molecular weight is 473 g/mol. The molecule has 2 aliphatic carbocycles. The molecule has 1 unspecified atom stereocenters. The quantitative estimate of drug-likeness (QED) is 0.526. The molecule has 2 N–H and O–H groups in total. The molecule has 1 aromatic heterocycles. The number of carbonyl (C=O) groups is 1. The summed E-state index contributed by atoms with van der Waals surface area (Å²) in [6, 6.07) is 10.6. The van der Waals surface area contributed by atoms with Gasteiger partial charge in [-0.2, -0.15) is 0 Å². The zero-order valence-electron chi connectivity index (χ0n) is 20.4. The molecule has 1 aliphatic heterocycles. The van der Waals surface area contributed by atoms with Crippen molar-refractivity contribution in [1.82, 2.24) is 15.7 Å². The Hall–Kier alpha value is -3.41. The third-order valence-electron chi connectivity index (χ3n) is 7.45. The number of benzene rings is 1. The second-order valence-corrected chi connectivity index (χ2v) is 9.83. The smallest absolute Gasteiger partial charge is 0.224 e. The molecule has 182 valence electrons. The van der Waals surface area contributed by atoms with Crippen LogP contribution in [0.2, 0.25) is 0 Å². The van der Waals surface area contributed by atoms with Gasteiger partial charge in [0, 0.05) is 36.1 Å². The van der Waals surface area contributed by atoms with E-state index in [4.69, 9.17) is 0 Å². The molecule has 1 amide bonds. The number of fused-ring (bicyclic) bond motifs is 1. The topological polar surface area (TPSA) is 57.3 Å². The molecular formula is C29H33FN4O. The van der Waals surface area contributed by atoms with Crippen molar-refractivity contribution in [3.8, 4) is 0 Å². The van der Waals surface area contributed by atoms with Crippen molar-refractivity contribution < 1.29 is 9.18 Å². The lowest BCUT2D eigenvalue weighted by Gasteiger charge is -2.31. The van der Waals surface area contributed by atoms with E-state index in [9.17, 15) is 9.18 Å². The SMILES string of the molecule is CCCC(C[C@H]1CCC2=C1[C@@H](C)C1=CNN(c3ccc(F)cc3)C1=C2)NC(=O)Cc1cccnc1. The number of carbonyl (C=O) groups excluding carboxylic acids is 1. The highest BCUT2D eigenvalue weighted by atomic mass is 19.1. The fourth-order valence-corrected chi connectivity index (χ4v) is 5.87. The van der Waals surface area contributed by atoms with Crippen LogP contribution in [-0.4, -0.2) is 16.9 Å². The number of hydrogen-bond donors (Lipinski definition) is 2. The minimum atomic E-state index is -0.232. The van der Waals surface area contributed by atoms with Gasteiger partial charge in [0.05, 0.1) is 17.8 Å². The predicted molar refractivity (Wildman–Crippen MR) is 136 cm³/mol. The fraction of sp³-hybridized carbons (Fsp3) is 0.379. The Morgan fingerprint density at radius 1 is 1.29 bits per heavy atom. The highest BCUT2D eigenvalue weighted by Crippen LogP contribution is 2.49. The van der Waals surface area contributed by atoms with E-state index in [1.807, 2.05) is 17.1 Å². The van der Waals surface area contributed by atoms with Gasteiger partial charge in [0.15, 0.2) is 0 Å². The normalized spacial score (nSPS) is 21.6. The van der Waals surface area contributed by atoms with E-state index in [-0.39, 0.29) is 17.8 Å². The Morgan fingerprint density at radius 2 is 2.11 bits per heavy atom. The summed E-state index contributed by atoms with van der Waals surface area (Å²) < 4.78 is 13.4. The monoisotopic (exact) mass is 472 g/mol. The number of aromatic nitrogens is 1. The standard InChI is InChI=1S/C29H33FN4O/c1-3-5-24(33-28(35)14-20-6-4-13-31-17-20)15-21-7-8-22-16-27-26(19(2)29(21)22)18-32-34(27)25-11-9-23(30)10-12-25/h4,6,9-13,16-19,21,24,32H,3,5,7-8,14-15H2,1-2H3,(H,33,35)/t19-,21+,24?/m0/s1. The van der Waals surface area contributed by atoms with Gasteiger partial charge in [0.25, 0.3) is 0 Å². The number of hydrazine groups is 1. The number of hydrogen-bond acceptors (Lipinski definition) is 4. The molecule has 0 spiro atoms. The number of pyridine rings is 1. The predicted octanol–water partition coefficient (Wildman–Crippen LogP) is 5.59. The second kappa shape index (κ2) is 10.1. The molecular weight excluding hydrogens is 439 g/mol. The minimum absolute atomic E-state index is 0.0696. The van der Waals surface area contributed by atoms with Crippen molar-refractivity contribution in [2.75, 3.05) is 5.01 Å². The van der Waals surface area contributed by atoms with Crippen molar-refractivity contribution in [2.45, 2.75) is 58.4 Å². The molecule has 2 aromatic rings. The van der Waals surface area contributed by atoms with Crippen LogP contribution < -0.4 is 15.8 Å². The molecule has 2 heterocycles. The molecule has 6 heteroatoms. The summed E-state index contributed by atoms with van der Waals surface area (Å²) in [5.41, 5.74) is 10.6. The van der Waals surface area contributed by atoms with E-state index in [0.717, 1.165) is 49.1 Å². The first-order valence-corrected chi connectivity index (χ1v) is 12.7. The lowest BCUT2D eigenvalue weighted by molar-refractivity contribution is -0.121. The van der Waals surface area contributed by atoms with Crippen molar-refractivity contribution in [2.24, 2.45) is 11.8 Å². The summed E-state index contributed by atoms with van der Waals surface area (Å²) in [6.07, 6.45) is 13.4. The Morgan fingerprint density at radius 3 is 2.86 bits per heavy atom. The maximum atomic E-state index is 13.4. The fourth-order valence-electron chi connectivity index (χ4n) is 5.87. The second-order valence-electron chi connectivity index (χ2n) is 9.83. The number of amides is 1. The van der Waals surface area contributed by atoms with E-state index in [1.54, 1.807) is 24.5 Å². The van der Waals surface area contributed by atoms with Crippen LogP contribution in [0.3, 0.4) is 0 Å². The first kappa shape index (κ1) is 23.3. The molecule has 0 saturated heterocycles. The summed E-state index contributed by atoms with van der Waals surface area (Å²) >= 11 is 0. The molecule has 0 bridgehead atoms. The molecule has 5 rings (SSSR count). The number of rotatable bonds is 8. The number of allylic oxidation sites excluding steroid dienone is 4. The zero-order chi connectivity index (χ0) is 24.4. The van der Waals surface area contributed by atoms with Crippen LogP contribution in [0.1, 0.15) is 51.5 Å². The first-order valence-electron chi connectivity index (χ1n) is 12.7. The highest BCUT2D eigenvalue weighted by Gasteiger charge is 2.38. The Bertz CT molecular complexity index is 1170. The number of halogens is 1. The summed E-state index contributed by atoms with van der Waals surface area (Å²) in [5.74, 6) is 0.614. The highest BCUT2D eigenvalue weighted by molar-refractivity contribution is 5.78. The molecule has 0 radical (unpaired) electrons. The van der Waals surface area contributed by atoms with Gasteiger partial charge in [-0.1, -0.05) is 31.9 Å². The van der Waals surface area contributed by atoms with Crippen LogP contribution in [0.15, 0.2) is 83.5 Å².